The lowest BCUT2D eigenvalue weighted by molar-refractivity contribution is -0.137. The van der Waals surface area contributed by atoms with Crippen molar-refractivity contribution < 1.29 is 22.3 Å². The summed E-state index contributed by atoms with van der Waals surface area (Å²) in [5.74, 6) is 0.802. The second-order valence-electron chi connectivity index (χ2n) is 9.45. The molecule has 0 aromatic heterocycles. The molecule has 1 aromatic carbocycles. The van der Waals surface area contributed by atoms with Gasteiger partial charge in [-0.2, -0.15) is 22.8 Å². The number of nitrogens with zero attached hydrogens (tertiary/aromatic N) is 1. The Morgan fingerprint density at radius 1 is 0.970 bits per heavy atom. The SMILES string of the molecule is N#CC(F)=CC=CCCC1CCC(OCC2CCC(c3ccc(C(F)(F)F)cc3)CC2)CC1. The van der Waals surface area contributed by atoms with E-state index in [2.05, 4.69) is 0 Å². The van der Waals surface area contributed by atoms with E-state index in [9.17, 15) is 17.6 Å². The third-order valence-corrected chi connectivity index (χ3v) is 7.14. The highest BCUT2D eigenvalue weighted by Gasteiger charge is 2.31. The molecule has 6 heteroatoms. The molecule has 0 unspecified atom stereocenters. The van der Waals surface area contributed by atoms with Gasteiger partial charge in [-0.1, -0.05) is 24.3 Å². The van der Waals surface area contributed by atoms with Gasteiger partial charge in [0, 0.05) is 6.61 Å². The van der Waals surface area contributed by atoms with Crippen LogP contribution in [0.4, 0.5) is 17.6 Å². The summed E-state index contributed by atoms with van der Waals surface area (Å²) in [6.07, 6.45) is 11.4. The molecular formula is C27H33F4NO. The molecule has 180 valence electrons. The average molecular weight is 464 g/mol. The fourth-order valence-electron chi connectivity index (χ4n) is 5.08. The minimum absolute atomic E-state index is 0.331. The number of hydrogen-bond acceptors (Lipinski definition) is 2. The van der Waals surface area contributed by atoms with Crippen LogP contribution < -0.4 is 0 Å². The van der Waals surface area contributed by atoms with Crippen molar-refractivity contribution in [2.24, 2.45) is 11.8 Å². The van der Waals surface area contributed by atoms with Gasteiger partial charge < -0.3 is 4.74 Å². The fourth-order valence-corrected chi connectivity index (χ4v) is 5.08. The first kappa shape index (κ1) is 25.5. The zero-order valence-corrected chi connectivity index (χ0v) is 19.0. The molecule has 0 saturated heterocycles. The number of ether oxygens (including phenoxy) is 1. The summed E-state index contributed by atoms with van der Waals surface area (Å²) in [4.78, 5) is 0. The van der Waals surface area contributed by atoms with E-state index in [4.69, 9.17) is 10.00 Å². The van der Waals surface area contributed by atoms with Crippen LogP contribution in [0.5, 0.6) is 0 Å². The van der Waals surface area contributed by atoms with E-state index < -0.39 is 17.6 Å². The second-order valence-corrected chi connectivity index (χ2v) is 9.45. The standard InChI is InChI=1S/C27H33F4NO/c28-25(18-32)5-3-1-2-4-20-8-16-26(17-9-20)33-19-21-6-10-22(11-7-21)23-12-14-24(15-13-23)27(29,30)31/h1,3,5,12-15,20-22,26H,2,4,6-11,16-17,19H2. The molecule has 0 N–H and O–H groups in total. The van der Waals surface area contributed by atoms with Crippen LogP contribution in [0.15, 0.2) is 48.3 Å². The first-order valence-corrected chi connectivity index (χ1v) is 12.1. The summed E-state index contributed by atoms with van der Waals surface area (Å²) in [7, 11) is 0. The molecular weight excluding hydrogens is 430 g/mol. The van der Waals surface area contributed by atoms with Crippen molar-refractivity contribution in [3.05, 3.63) is 59.4 Å². The number of alkyl halides is 3. The number of rotatable bonds is 8. The molecule has 0 radical (unpaired) electrons. The zero-order chi connectivity index (χ0) is 23.7. The molecule has 2 saturated carbocycles. The molecule has 0 amide bonds. The molecule has 2 nitrogen and oxygen atoms in total. The molecule has 2 fully saturated rings. The smallest absolute Gasteiger partial charge is 0.378 e. The van der Waals surface area contributed by atoms with E-state index in [1.54, 1.807) is 18.2 Å². The van der Waals surface area contributed by atoms with Crippen LogP contribution in [0.25, 0.3) is 0 Å². The van der Waals surface area contributed by atoms with Crippen LogP contribution in [-0.2, 0) is 10.9 Å². The molecule has 0 aliphatic heterocycles. The molecule has 2 aliphatic rings. The Labute approximate surface area is 194 Å². The Morgan fingerprint density at radius 2 is 1.61 bits per heavy atom. The maximum Gasteiger partial charge on any atom is 0.416 e. The van der Waals surface area contributed by atoms with E-state index in [0.717, 1.165) is 76.4 Å². The monoisotopic (exact) mass is 463 g/mol. The minimum Gasteiger partial charge on any atom is -0.378 e. The lowest BCUT2D eigenvalue weighted by atomic mass is 9.79. The average Bonchev–Trinajstić information content (AvgIpc) is 2.83. The van der Waals surface area contributed by atoms with Gasteiger partial charge in [-0.3, -0.25) is 0 Å². The van der Waals surface area contributed by atoms with Gasteiger partial charge in [-0.25, -0.2) is 0 Å². The number of hydrogen-bond donors (Lipinski definition) is 0. The summed E-state index contributed by atoms with van der Waals surface area (Å²) in [6.45, 7) is 0.786. The minimum atomic E-state index is -4.28. The maximum atomic E-state index is 12.8. The molecule has 2 aliphatic carbocycles. The van der Waals surface area contributed by atoms with Gasteiger partial charge in [0.25, 0.3) is 0 Å². The Balaban J connectivity index is 1.30. The van der Waals surface area contributed by atoms with Gasteiger partial charge in [0.1, 0.15) is 6.07 Å². The topological polar surface area (TPSA) is 33.0 Å². The fraction of sp³-hybridized carbons (Fsp3) is 0.593. The predicted molar refractivity (Wildman–Crippen MR) is 121 cm³/mol. The van der Waals surface area contributed by atoms with Crippen LogP contribution in [0.1, 0.15) is 81.3 Å². The summed E-state index contributed by atoms with van der Waals surface area (Å²) in [6, 6.07) is 7.13. The highest BCUT2D eigenvalue weighted by molar-refractivity contribution is 5.27. The van der Waals surface area contributed by atoms with Crippen molar-refractivity contribution in [3.8, 4) is 6.07 Å². The lowest BCUT2D eigenvalue weighted by Gasteiger charge is -2.32. The predicted octanol–water partition coefficient (Wildman–Crippen LogP) is 8.27. The van der Waals surface area contributed by atoms with E-state index in [0.29, 0.717) is 23.9 Å². The second kappa shape index (κ2) is 12.4. The molecule has 33 heavy (non-hydrogen) atoms. The lowest BCUT2D eigenvalue weighted by Crippen LogP contribution is -2.25. The van der Waals surface area contributed by atoms with Crippen LogP contribution in [0, 0.1) is 23.2 Å². The molecule has 0 heterocycles. The van der Waals surface area contributed by atoms with Gasteiger partial charge in [-0.15, -0.1) is 0 Å². The normalized spacial score (nSPS) is 26.9. The van der Waals surface area contributed by atoms with Gasteiger partial charge in [-0.05, 0) is 106 Å². The van der Waals surface area contributed by atoms with Crippen molar-refractivity contribution in [1.29, 1.82) is 5.26 Å². The highest BCUT2D eigenvalue weighted by atomic mass is 19.4. The van der Waals surface area contributed by atoms with Gasteiger partial charge >= 0.3 is 6.18 Å². The van der Waals surface area contributed by atoms with Gasteiger partial charge in [0.05, 0.1) is 11.7 Å². The Hall–Kier alpha value is -2.13. The van der Waals surface area contributed by atoms with Crippen molar-refractivity contribution in [2.75, 3.05) is 6.61 Å². The van der Waals surface area contributed by atoms with Crippen molar-refractivity contribution in [2.45, 2.75) is 82.4 Å². The molecule has 0 spiro atoms. The van der Waals surface area contributed by atoms with E-state index in [-0.39, 0.29) is 0 Å². The Bertz CT molecular complexity index is 821. The van der Waals surface area contributed by atoms with Crippen LogP contribution in [0.2, 0.25) is 0 Å². The molecule has 1 aromatic rings. The van der Waals surface area contributed by atoms with Crippen molar-refractivity contribution in [1.82, 2.24) is 0 Å². The van der Waals surface area contributed by atoms with E-state index >= 15 is 0 Å². The number of benzene rings is 1. The van der Waals surface area contributed by atoms with E-state index in [1.165, 1.54) is 24.3 Å². The number of allylic oxidation sites excluding steroid dienone is 4. The van der Waals surface area contributed by atoms with Gasteiger partial charge in [0.2, 0.25) is 0 Å². The molecule has 3 rings (SSSR count). The largest absolute Gasteiger partial charge is 0.416 e. The van der Waals surface area contributed by atoms with Crippen LogP contribution in [-0.4, -0.2) is 12.7 Å². The molecule has 0 bridgehead atoms. The van der Waals surface area contributed by atoms with E-state index in [1.807, 2.05) is 6.08 Å². The zero-order valence-electron chi connectivity index (χ0n) is 19.0. The summed E-state index contributed by atoms with van der Waals surface area (Å²) < 4.78 is 57.2. The summed E-state index contributed by atoms with van der Waals surface area (Å²) >= 11 is 0. The van der Waals surface area contributed by atoms with Crippen molar-refractivity contribution in [3.63, 3.8) is 0 Å². The van der Waals surface area contributed by atoms with Gasteiger partial charge in [0.15, 0.2) is 5.83 Å². The summed E-state index contributed by atoms with van der Waals surface area (Å²) in [5.41, 5.74) is 0.435. The number of halogens is 4. The number of nitriles is 1. The van der Waals surface area contributed by atoms with Crippen molar-refractivity contribution >= 4 is 0 Å². The van der Waals surface area contributed by atoms with Crippen LogP contribution >= 0.6 is 0 Å². The Kier molecular flexibility index (Phi) is 9.55. The Morgan fingerprint density at radius 3 is 2.21 bits per heavy atom. The first-order valence-electron chi connectivity index (χ1n) is 12.1. The third kappa shape index (κ3) is 8.30. The molecule has 0 atom stereocenters. The quantitative estimate of drug-likeness (QED) is 0.221. The highest BCUT2D eigenvalue weighted by Crippen LogP contribution is 2.38. The third-order valence-electron chi connectivity index (χ3n) is 7.14. The first-order chi connectivity index (χ1) is 15.8. The maximum absolute atomic E-state index is 12.8. The van der Waals surface area contributed by atoms with Crippen LogP contribution in [0.3, 0.4) is 0 Å². The summed E-state index contributed by atoms with van der Waals surface area (Å²) in [5, 5.41) is 8.37.